The smallest absolute Gasteiger partial charge is 0.147 e. The summed E-state index contributed by atoms with van der Waals surface area (Å²) in [4.78, 5) is 6.43. The lowest BCUT2D eigenvalue weighted by atomic mass is 9.90. The summed E-state index contributed by atoms with van der Waals surface area (Å²) in [6, 6.07) is 6.21. The number of benzene rings is 1. The first-order valence-corrected chi connectivity index (χ1v) is 10.5. The number of pyridine rings is 1. The van der Waals surface area contributed by atoms with Crippen LogP contribution in [0.1, 0.15) is 6.92 Å². The fraction of sp³-hybridized carbons (Fsp3) is 0.400. The fourth-order valence-corrected chi connectivity index (χ4v) is 4.95. The topological polar surface area (TPSA) is 50.3 Å². The van der Waals surface area contributed by atoms with Gasteiger partial charge in [-0.15, -0.1) is 0 Å². The number of sulfone groups is 1. The number of halogens is 2. The Hall–Kier alpha value is -0.600. The molecule has 0 unspecified atom stereocenters. The zero-order valence-electron chi connectivity index (χ0n) is 12.3. The SMILES string of the molecule is C[C@@H]1[C@@H](CS(C)(=O)=O)CN1c1ccc(I)c2cc(Cl)ncc12. The van der Waals surface area contributed by atoms with Gasteiger partial charge in [-0.25, -0.2) is 13.4 Å². The van der Waals surface area contributed by atoms with Gasteiger partial charge in [-0.1, -0.05) is 11.6 Å². The van der Waals surface area contributed by atoms with Crippen molar-refractivity contribution in [2.45, 2.75) is 13.0 Å². The lowest BCUT2D eigenvalue weighted by molar-refractivity contribution is 0.342. The molecule has 0 aliphatic carbocycles. The monoisotopic (exact) mass is 450 g/mol. The van der Waals surface area contributed by atoms with Crippen molar-refractivity contribution in [2.75, 3.05) is 23.5 Å². The van der Waals surface area contributed by atoms with Gasteiger partial charge >= 0.3 is 0 Å². The standard InChI is InChI=1S/C15H16ClIN2O2S/c1-9-10(8-22(2,20)21)7-19(9)14-4-3-13(17)11-5-15(16)18-6-12(11)14/h3-6,9-10H,7-8H2,1-2H3/t9-,10-/m1/s1. The van der Waals surface area contributed by atoms with Crippen molar-refractivity contribution < 1.29 is 8.42 Å². The second kappa shape index (κ2) is 5.79. The number of aromatic nitrogens is 1. The molecule has 2 aromatic rings. The minimum Gasteiger partial charge on any atom is -0.368 e. The van der Waals surface area contributed by atoms with Crippen LogP contribution in [0.5, 0.6) is 0 Å². The van der Waals surface area contributed by atoms with E-state index >= 15 is 0 Å². The molecule has 118 valence electrons. The van der Waals surface area contributed by atoms with E-state index in [0.717, 1.165) is 26.6 Å². The van der Waals surface area contributed by atoms with Crippen molar-refractivity contribution in [3.05, 3.63) is 33.1 Å². The third-order valence-corrected chi connectivity index (χ3v) is 6.40. The summed E-state index contributed by atoms with van der Waals surface area (Å²) in [5.41, 5.74) is 1.09. The van der Waals surface area contributed by atoms with Crippen LogP contribution in [0, 0.1) is 9.49 Å². The molecule has 1 aromatic carbocycles. The molecule has 4 nitrogen and oxygen atoms in total. The van der Waals surface area contributed by atoms with Gasteiger partial charge in [0.1, 0.15) is 15.0 Å². The summed E-state index contributed by atoms with van der Waals surface area (Å²) < 4.78 is 24.1. The van der Waals surface area contributed by atoms with Gasteiger partial charge in [-0.05, 0) is 47.7 Å². The molecule has 0 spiro atoms. The number of fused-ring (bicyclic) bond motifs is 1. The first-order chi connectivity index (χ1) is 10.3. The van der Waals surface area contributed by atoms with Crippen LogP contribution in [0.4, 0.5) is 5.69 Å². The summed E-state index contributed by atoms with van der Waals surface area (Å²) in [5, 5.41) is 2.62. The Balaban J connectivity index is 1.94. The number of nitrogens with zero attached hydrogens (tertiary/aromatic N) is 2. The molecule has 0 radical (unpaired) electrons. The van der Waals surface area contributed by atoms with Crippen LogP contribution in [0.3, 0.4) is 0 Å². The van der Waals surface area contributed by atoms with Crippen LogP contribution < -0.4 is 4.90 Å². The minimum atomic E-state index is -2.94. The molecule has 7 heteroatoms. The maximum atomic E-state index is 11.5. The third kappa shape index (κ3) is 3.05. The molecule has 1 saturated heterocycles. The maximum Gasteiger partial charge on any atom is 0.147 e. The van der Waals surface area contributed by atoms with Gasteiger partial charge in [-0.2, -0.15) is 0 Å². The summed E-state index contributed by atoms with van der Waals surface area (Å²) in [7, 11) is -2.94. The summed E-state index contributed by atoms with van der Waals surface area (Å²) in [5.74, 6) is 0.432. The molecular weight excluding hydrogens is 435 g/mol. The Morgan fingerprint density at radius 1 is 1.41 bits per heavy atom. The first kappa shape index (κ1) is 16.3. The zero-order valence-corrected chi connectivity index (χ0v) is 16.0. The predicted molar refractivity (Wildman–Crippen MR) is 99.5 cm³/mol. The van der Waals surface area contributed by atoms with Gasteiger partial charge in [0.2, 0.25) is 0 Å². The summed E-state index contributed by atoms with van der Waals surface area (Å²) >= 11 is 8.29. The fourth-order valence-electron chi connectivity index (χ4n) is 3.00. The van der Waals surface area contributed by atoms with Crippen molar-refractivity contribution >= 4 is 60.5 Å². The van der Waals surface area contributed by atoms with Crippen molar-refractivity contribution in [2.24, 2.45) is 5.92 Å². The highest BCUT2D eigenvalue weighted by Crippen LogP contribution is 2.38. The van der Waals surface area contributed by atoms with Gasteiger partial charge in [0.25, 0.3) is 0 Å². The van der Waals surface area contributed by atoms with Crippen LogP contribution >= 0.6 is 34.2 Å². The zero-order chi connectivity index (χ0) is 16.1. The second-order valence-electron chi connectivity index (χ2n) is 5.86. The van der Waals surface area contributed by atoms with Crippen molar-refractivity contribution in [3.8, 4) is 0 Å². The van der Waals surface area contributed by atoms with E-state index in [9.17, 15) is 8.42 Å². The molecule has 2 heterocycles. The average molecular weight is 451 g/mol. The Morgan fingerprint density at radius 2 is 2.14 bits per heavy atom. The quantitative estimate of drug-likeness (QED) is 0.531. The average Bonchev–Trinajstić information content (AvgIpc) is 2.43. The van der Waals surface area contributed by atoms with Gasteiger partial charge in [0.05, 0.1) is 5.75 Å². The molecule has 0 saturated carbocycles. The van der Waals surface area contributed by atoms with E-state index in [2.05, 4.69) is 51.5 Å². The van der Waals surface area contributed by atoms with Crippen LogP contribution in [-0.4, -0.2) is 38.0 Å². The number of hydrogen-bond acceptors (Lipinski definition) is 4. The lowest BCUT2D eigenvalue weighted by Crippen LogP contribution is -2.57. The number of rotatable bonds is 3. The van der Waals surface area contributed by atoms with E-state index in [0.29, 0.717) is 5.15 Å². The third-order valence-electron chi connectivity index (χ3n) is 4.22. The van der Waals surface area contributed by atoms with E-state index in [1.165, 1.54) is 6.26 Å². The first-order valence-electron chi connectivity index (χ1n) is 6.94. The lowest BCUT2D eigenvalue weighted by Gasteiger charge is -2.48. The molecule has 1 aliphatic rings. The molecule has 2 atom stereocenters. The second-order valence-corrected chi connectivity index (χ2v) is 9.60. The van der Waals surface area contributed by atoms with Crippen molar-refractivity contribution in [3.63, 3.8) is 0 Å². The Labute approximate surface area is 148 Å². The molecule has 0 amide bonds. The number of anilines is 1. The van der Waals surface area contributed by atoms with Gasteiger partial charge in [0.15, 0.2) is 0 Å². The molecule has 1 aromatic heterocycles. The Kier molecular flexibility index (Phi) is 4.28. The van der Waals surface area contributed by atoms with Crippen molar-refractivity contribution in [1.82, 2.24) is 4.98 Å². The highest BCUT2D eigenvalue weighted by molar-refractivity contribution is 14.1. The largest absolute Gasteiger partial charge is 0.368 e. The maximum absolute atomic E-state index is 11.5. The molecule has 0 bridgehead atoms. The highest BCUT2D eigenvalue weighted by Gasteiger charge is 2.38. The van der Waals surface area contributed by atoms with E-state index in [1.54, 1.807) is 6.20 Å². The summed E-state index contributed by atoms with van der Waals surface area (Å²) in [6.07, 6.45) is 3.10. The molecule has 0 N–H and O–H groups in total. The van der Waals surface area contributed by atoms with E-state index in [1.807, 2.05) is 6.07 Å². The van der Waals surface area contributed by atoms with Crippen LogP contribution in [0.15, 0.2) is 24.4 Å². The summed E-state index contributed by atoms with van der Waals surface area (Å²) in [6.45, 7) is 2.83. The van der Waals surface area contributed by atoms with E-state index in [4.69, 9.17) is 11.6 Å². The van der Waals surface area contributed by atoms with E-state index in [-0.39, 0.29) is 17.7 Å². The van der Waals surface area contributed by atoms with Crippen molar-refractivity contribution in [1.29, 1.82) is 0 Å². The van der Waals surface area contributed by atoms with E-state index < -0.39 is 9.84 Å². The normalized spacial score (nSPS) is 21.9. The Morgan fingerprint density at radius 3 is 2.77 bits per heavy atom. The van der Waals surface area contributed by atoms with Gasteiger partial charge < -0.3 is 4.90 Å². The molecule has 3 rings (SSSR count). The highest BCUT2D eigenvalue weighted by atomic mass is 127. The minimum absolute atomic E-state index is 0.185. The van der Waals surface area contributed by atoms with Crippen LogP contribution in [0.2, 0.25) is 5.15 Å². The predicted octanol–water partition coefficient (Wildman–Crippen LogP) is 3.36. The van der Waals surface area contributed by atoms with Gasteiger partial charge in [0, 0.05) is 51.0 Å². The van der Waals surface area contributed by atoms with Gasteiger partial charge in [-0.3, -0.25) is 0 Å². The van der Waals surface area contributed by atoms with Crippen LogP contribution in [0.25, 0.3) is 10.8 Å². The van der Waals surface area contributed by atoms with Crippen LogP contribution in [-0.2, 0) is 9.84 Å². The molecule has 1 fully saturated rings. The number of hydrogen-bond donors (Lipinski definition) is 0. The Bertz CT molecular complexity index is 841. The molecular formula is C15H16ClIN2O2S. The molecule has 1 aliphatic heterocycles. The molecule has 22 heavy (non-hydrogen) atoms.